The molecule has 0 saturated carbocycles. The Kier molecular flexibility index (Phi) is 6.59. The number of carbonyl (C=O) groups is 2. The fraction of sp³-hybridized carbons (Fsp3) is 0.111. The van der Waals surface area contributed by atoms with E-state index in [1.807, 2.05) is 0 Å². The Morgan fingerprint density at radius 2 is 2.00 bits per heavy atom. The summed E-state index contributed by atoms with van der Waals surface area (Å²) in [5.41, 5.74) is -0.127. The minimum absolute atomic E-state index is 0.380. The fourth-order valence-corrected chi connectivity index (χ4v) is 2.06. The molecule has 9 heteroatoms. The Hall–Kier alpha value is -3.75. The quantitative estimate of drug-likeness (QED) is 0.345. The maximum absolute atomic E-state index is 13.6. The van der Waals surface area contributed by atoms with E-state index >= 15 is 0 Å². The average Bonchev–Trinajstić information content (AvgIpc) is 2.66. The number of nitro groups is 1. The highest BCUT2D eigenvalue weighted by Gasteiger charge is 2.14. The van der Waals surface area contributed by atoms with Crippen LogP contribution in [-0.4, -0.2) is 30.5 Å². The lowest BCUT2D eigenvalue weighted by Crippen LogP contribution is -2.20. The number of benzene rings is 2. The smallest absolute Gasteiger partial charge is 0.331 e. The van der Waals surface area contributed by atoms with Crippen LogP contribution < -0.4 is 10.1 Å². The number of methoxy groups -OCH3 is 1. The number of esters is 1. The molecule has 0 atom stereocenters. The van der Waals surface area contributed by atoms with Gasteiger partial charge in [0, 0.05) is 23.8 Å². The molecule has 0 aliphatic rings. The van der Waals surface area contributed by atoms with Crippen molar-refractivity contribution in [1.29, 1.82) is 0 Å². The number of anilines is 1. The number of nitrogens with zero attached hydrogens (tertiary/aromatic N) is 1. The van der Waals surface area contributed by atoms with Gasteiger partial charge in [-0.25, -0.2) is 9.18 Å². The summed E-state index contributed by atoms with van der Waals surface area (Å²) in [6.45, 7) is -0.683. The standard InChI is InChI=1S/C18H15FN2O6/c1-26-16-5-3-2-4-12(16)6-9-18(23)27-11-17(22)20-15-10-13(21(24)25)7-8-14(15)19/h2-10H,11H2,1H3,(H,20,22)/b9-6+. The number of rotatable bonds is 7. The van der Waals surface area contributed by atoms with Crippen molar-refractivity contribution in [1.82, 2.24) is 0 Å². The number of amides is 1. The van der Waals surface area contributed by atoms with Crippen LogP contribution in [-0.2, 0) is 14.3 Å². The van der Waals surface area contributed by atoms with Crippen LogP contribution in [0, 0.1) is 15.9 Å². The van der Waals surface area contributed by atoms with Gasteiger partial charge in [-0.05, 0) is 18.2 Å². The van der Waals surface area contributed by atoms with Gasteiger partial charge in [-0.1, -0.05) is 18.2 Å². The SMILES string of the molecule is COc1ccccc1/C=C/C(=O)OCC(=O)Nc1cc([N+](=O)[O-])ccc1F. The van der Waals surface area contributed by atoms with Crippen molar-refractivity contribution in [2.75, 3.05) is 19.0 Å². The van der Waals surface area contributed by atoms with Gasteiger partial charge in [0.1, 0.15) is 11.6 Å². The number of hydrogen-bond acceptors (Lipinski definition) is 6. The molecule has 1 amide bonds. The molecule has 0 saturated heterocycles. The molecule has 0 aromatic heterocycles. The van der Waals surface area contributed by atoms with Crippen molar-refractivity contribution < 1.29 is 28.4 Å². The van der Waals surface area contributed by atoms with Crippen LogP contribution >= 0.6 is 0 Å². The highest BCUT2D eigenvalue weighted by atomic mass is 19.1. The first-order valence-electron chi connectivity index (χ1n) is 7.62. The molecule has 0 fully saturated rings. The summed E-state index contributed by atoms with van der Waals surface area (Å²) in [7, 11) is 1.49. The molecule has 0 radical (unpaired) electrons. The molecule has 0 heterocycles. The second kappa shape index (κ2) is 9.09. The number of nitrogens with one attached hydrogen (secondary N) is 1. The van der Waals surface area contributed by atoms with E-state index in [-0.39, 0.29) is 11.4 Å². The van der Waals surface area contributed by atoms with E-state index in [0.717, 1.165) is 24.3 Å². The zero-order chi connectivity index (χ0) is 19.8. The van der Waals surface area contributed by atoms with Crippen LogP contribution in [0.25, 0.3) is 6.08 Å². The molecule has 1 N–H and O–H groups in total. The first-order chi connectivity index (χ1) is 12.9. The summed E-state index contributed by atoms with van der Waals surface area (Å²) >= 11 is 0. The van der Waals surface area contributed by atoms with Gasteiger partial charge in [0.2, 0.25) is 0 Å². The predicted octanol–water partition coefficient (Wildman–Crippen LogP) is 2.94. The average molecular weight is 374 g/mol. The molecule has 2 rings (SSSR count). The van der Waals surface area contributed by atoms with Gasteiger partial charge >= 0.3 is 5.97 Å². The third kappa shape index (κ3) is 5.63. The number of nitro benzene ring substituents is 1. The number of hydrogen-bond donors (Lipinski definition) is 1. The third-order valence-corrected chi connectivity index (χ3v) is 3.32. The highest BCUT2D eigenvalue weighted by Crippen LogP contribution is 2.21. The predicted molar refractivity (Wildman–Crippen MR) is 94.7 cm³/mol. The maximum atomic E-state index is 13.6. The molecule has 27 heavy (non-hydrogen) atoms. The Morgan fingerprint density at radius 1 is 1.26 bits per heavy atom. The van der Waals surface area contributed by atoms with Crippen LogP contribution in [0.1, 0.15) is 5.56 Å². The number of ether oxygens (including phenoxy) is 2. The summed E-state index contributed by atoms with van der Waals surface area (Å²) in [6.07, 6.45) is 2.57. The van der Waals surface area contributed by atoms with Gasteiger partial charge in [-0.3, -0.25) is 14.9 Å². The summed E-state index contributed by atoms with van der Waals surface area (Å²) in [5.74, 6) is -1.93. The van der Waals surface area contributed by atoms with E-state index in [2.05, 4.69) is 5.32 Å². The third-order valence-electron chi connectivity index (χ3n) is 3.32. The Labute approximate surface area is 153 Å². The van der Waals surface area contributed by atoms with E-state index in [1.54, 1.807) is 24.3 Å². The van der Waals surface area contributed by atoms with E-state index in [1.165, 1.54) is 13.2 Å². The molecular formula is C18H15FN2O6. The minimum Gasteiger partial charge on any atom is -0.496 e. The second-order valence-electron chi connectivity index (χ2n) is 5.15. The molecular weight excluding hydrogens is 359 g/mol. The normalized spacial score (nSPS) is 10.4. The first kappa shape index (κ1) is 19.6. The van der Waals surface area contributed by atoms with Gasteiger partial charge in [0.15, 0.2) is 6.61 Å². The van der Waals surface area contributed by atoms with Crippen molar-refractivity contribution in [3.63, 3.8) is 0 Å². The van der Waals surface area contributed by atoms with Crippen LogP contribution in [0.2, 0.25) is 0 Å². The monoisotopic (exact) mass is 374 g/mol. The molecule has 0 unspecified atom stereocenters. The van der Waals surface area contributed by atoms with Crippen LogP contribution in [0.3, 0.4) is 0 Å². The summed E-state index contributed by atoms with van der Waals surface area (Å²) < 4.78 is 23.5. The van der Waals surface area contributed by atoms with Crippen molar-refractivity contribution in [2.45, 2.75) is 0 Å². The molecule has 2 aromatic carbocycles. The van der Waals surface area contributed by atoms with Gasteiger partial charge < -0.3 is 14.8 Å². The summed E-state index contributed by atoms with van der Waals surface area (Å²) in [4.78, 5) is 33.4. The molecule has 2 aromatic rings. The lowest BCUT2D eigenvalue weighted by Gasteiger charge is -2.06. The number of non-ortho nitro benzene ring substituents is 1. The second-order valence-corrected chi connectivity index (χ2v) is 5.15. The molecule has 8 nitrogen and oxygen atoms in total. The zero-order valence-electron chi connectivity index (χ0n) is 14.2. The van der Waals surface area contributed by atoms with E-state index in [0.29, 0.717) is 11.3 Å². The lowest BCUT2D eigenvalue weighted by atomic mass is 10.2. The zero-order valence-corrected chi connectivity index (χ0v) is 14.2. The van der Waals surface area contributed by atoms with E-state index in [9.17, 15) is 24.1 Å². The first-order valence-corrected chi connectivity index (χ1v) is 7.62. The van der Waals surface area contributed by atoms with Crippen molar-refractivity contribution in [2.24, 2.45) is 0 Å². The van der Waals surface area contributed by atoms with Crippen molar-refractivity contribution in [3.05, 3.63) is 70.0 Å². The van der Waals surface area contributed by atoms with Crippen LogP contribution in [0.4, 0.5) is 15.8 Å². The van der Waals surface area contributed by atoms with Crippen molar-refractivity contribution >= 4 is 29.3 Å². The maximum Gasteiger partial charge on any atom is 0.331 e. The molecule has 0 bridgehead atoms. The van der Waals surface area contributed by atoms with Gasteiger partial charge in [0.05, 0.1) is 17.7 Å². The molecule has 0 aliphatic heterocycles. The van der Waals surface area contributed by atoms with Gasteiger partial charge in [0.25, 0.3) is 11.6 Å². The fourth-order valence-electron chi connectivity index (χ4n) is 2.06. The Bertz CT molecular complexity index is 897. The van der Waals surface area contributed by atoms with Crippen molar-refractivity contribution in [3.8, 4) is 5.75 Å². The van der Waals surface area contributed by atoms with Crippen LogP contribution in [0.5, 0.6) is 5.75 Å². The van der Waals surface area contributed by atoms with E-state index in [4.69, 9.17) is 9.47 Å². The van der Waals surface area contributed by atoms with Crippen LogP contribution in [0.15, 0.2) is 48.5 Å². The Morgan fingerprint density at radius 3 is 2.70 bits per heavy atom. The largest absolute Gasteiger partial charge is 0.496 e. The minimum atomic E-state index is -0.851. The van der Waals surface area contributed by atoms with Gasteiger partial charge in [-0.15, -0.1) is 0 Å². The highest BCUT2D eigenvalue weighted by molar-refractivity contribution is 5.95. The summed E-state index contributed by atoms with van der Waals surface area (Å²) in [6, 6.07) is 9.66. The topological polar surface area (TPSA) is 108 Å². The van der Waals surface area contributed by atoms with Gasteiger partial charge in [-0.2, -0.15) is 0 Å². The molecule has 0 spiro atoms. The summed E-state index contributed by atoms with van der Waals surface area (Å²) in [5, 5.41) is 12.8. The lowest BCUT2D eigenvalue weighted by molar-refractivity contribution is -0.384. The Balaban J connectivity index is 1.92. The number of carbonyl (C=O) groups excluding carboxylic acids is 2. The molecule has 140 valence electrons. The number of para-hydroxylation sites is 1. The molecule has 0 aliphatic carbocycles. The van der Waals surface area contributed by atoms with E-state index < -0.39 is 29.2 Å². The number of halogens is 1.